The zero-order valence-corrected chi connectivity index (χ0v) is 19.2. The molecule has 0 fully saturated rings. The molecular formula is C27H26N4O3. The lowest BCUT2D eigenvalue weighted by Gasteiger charge is -2.19. The normalized spacial score (nSPS) is 10.8. The first-order chi connectivity index (χ1) is 16.5. The number of carbonyl (C=O) groups excluding carboxylic acids is 2. The van der Waals surface area contributed by atoms with Gasteiger partial charge in [-0.05, 0) is 60.0 Å². The third-order valence-electron chi connectivity index (χ3n) is 5.69. The third-order valence-corrected chi connectivity index (χ3v) is 5.69. The molecule has 0 aliphatic heterocycles. The van der Waals surface area contributed by atoms with Gasteiger partial charge in [0.2, 0.25) is 5.91 Å². The standard InChI is InChI=1S/C27H26N4O3/c1-3-31(18(2)32)16-19-8-10-20(11-9-19)21-14-24-22(6-4-12-29-24)26(15-21)34-17-25-23(27(28)33)7-5-13-30-25/h4-15H,3,16-17H2,1-2H3,(H2,28,33). The number of hydrogen-bond acceptors (Lipinski definition) is 5. The first kappa shape index (κ1) is 22.9. The molecule has 2 amide bonds. The number of aromatic nitrogens is 2. The van der Waals surface area contributed by atoms with E-state index in [-0.39, 0.29) is 12.5 Å². The molecule has 7 nitrogen and oxygen atoms in total. The van der Waals surface area contributed by atoms with Crippen molar-refractivity contribution in [2.45, 2.75) is 27.0 Å². The smallest absolute Gasteiger partial charge is 0.250 e. The average Bonchev–Trinajstić information content (AvgIpc) is 2.86. The van der Waals surface area contributed by atoms with Gasteiger partial charge in [0.15, 0.2) is 0 Å². The molecule has 0 radical (unpaired) electrons. The van der Waals surface area contributed by atoms with Crippen LogP contribution < -0.4 is 10.5 Å². The van der Waals surface area contributed by atoms with Crippen LogP contribution in [0.25, 0.3) is 22.0 Å². The van der Waals surface area contributed by atoms with Crippen molar-refractivity contribution >= 4 is 22.7 Å². The summed E-state index contributed by atoms with van der Waals surface area (Å²) in [6.45, 7) is 4.90. The fraction of sp³-hybridized carbons (Fsp3) is 0.185. The number of benzene rings is 2. The number of ether oxygens (including phenoxy) is 1. The third kappa shape index (κ3) is 5.04. The van der Waals surface area contributed by atoms with E-state index in [2.05, 4.69) is 9.97 Å². The predicted molar refractivity (Wildman–Crippen MR) is 131 cm³/mol. The van der Waals surface area contributed by atoms with Gasteiger partial charge >= 0.3 is 0 Å². The van der Waals surface area contributed by atoms with Gasteiger partial charge in [0.05, 0.1) is 16.8 Å². The highest BCUT2D eigenvalue weighted by molar-refractivity contribution is 5.94. The topological polar surface area (TPSA) is 98.4 Å². The van der Waals surface area contributed by atoms with Crippen LogP contribution in [0.4, 0.5) is 0 Å². The summed E-state index contributed by atoms with van der Waals surface area (Å²) in [5.41, 5.74) is 10.1. The molecule has 7 heteroatoms. The first-order valence-corrected chi connectivity index (χ1v) is 11.1. The van der Waals surface area contributed by atoms with Crippen LogP contribution in [-0.2, 0) is 17.9 Å². The molecule has 2 aromatic heterocycles. The summed E-state index contributed by atoms with van der Waals surface area (Å²) in [7, 11) is 0. The Balaban J connectivity index is 1.64. The Kier molecular flexibility index (Phi) is 6.82. The van der Waals surface area contributed by atoms with Crippen LogP contribution in [0.15, 0.2) is 73.1 Å². The van der Waals surface area contributed by atoms with E-state index in [4.69, 9.17) is 10.5 Å². The van der Waals surface area contributed by atoms with Crippen molar-refractivity contribution in [1.29, 1.82) is 0 Å². The lowest BCUT2D eigenvalue weighted by atomic mass is 10.0. The minimum absolute atomic E-state index is 0.0568. The second-order valence-electron chi connectivity index (χ2n) is 7.93. The second kappa shape index (κ2) is 10.1. The van der Waals surface area contributed by atoms with Gasteiger partial charge in [-0.2, -0.15) is 0 Å². The number of carbonyl (C=O) groups is 2. The Morgan fingerprint density at radius 2 is 1.71 bits per heavy atom. The quantitative estimate of drug-likeness (QED) is 0.427. The molecule has 0 spiro atoms. The number of amides is 2. The zero-order chi connectivity index (χ0) is 24.1. The van der Waals surface area contributed by atoms with Crippen molar-refractivity contribution in [1.82, 2.24) is 14.9 Å². The van der Waals surface area contributed by atoms with Gasteiger partial charge in [0.25, 0.3) is 5.91 Å². The fourth-order valence-corrected chi connectivity index (χ4v) is 3.83. The SMILES string of the molecule is CCN(Cc1ccc(-c2cc(OCc3ncccc3C(N)=O)c3cccnc3c2)cc1)C(C)=O. The van der Waals surface area contributed by atoms with Gasteiger partial charge in [-0.15, -0.1) is 0 Å². The number of primary amides is 1. The van der Waals surface area contributed by atoms with Crippen molar-refractivity contribution < 1.29 is 14.3 Å². The van der Waals surface area contributed by atoms with Crippen molar-refractivity contribution in [3.05, 3.63) is 89.9 Å². The molecule has 0 saturated heterocycles. The van der Waals surface area contributed by atoms with Gasteiger partial charge in [0.1, 0.15) is 12.4 Å². The van der Waals surface area contributed by atoms with Gasteiger partial charge in [-0.25, -0.2) is 0 Å². The van der Waals surface area contributed by atoms with Crippen LogP contribution in [0.2, 0.25) is 0 Å². The number of nitrogens with zero attached hydrogens (tertiary/aromatic N) is 3. The van der Waals surface area contributed by atoms with E-state index in [0.29, 0.717) is 30.1 Å². The summed E-state index contributed by atoms with van der Waals surface area (Å²) in [6, 6.07) is 19.2. The molecule has 0 bridgehead atoms. The monoisotopic (exact) mass is 454 g/mol. The predicted octanol–water partition coefficient (Wildman–Crippen LogP) is 4.34. The summed E-state index contributed by atoms with van der Waals surface area (Å²) in [5, 5.41) is 0.861. The number of fused-ring (bicyclic) bond motifs is 1. The summed E-state index contributed by atoms with van der Waals surface area (Å²) in [6.07, 6.45) is 3.35. The Bertz CT molecular complexity index is 1340. The van der Waals surface area contributed by atoms with Crippen LogP contribution in [0, 0.1) is 0 Å². The Labute approximate surface area is 198 Å². The maximum atomic E-state index is 11.7. The van der Waals surface area contributed by atoms with Crippen LogP contribution >= 0.6 is 0 Å². The van der Waals surface area contributed by atoms with E-state index in [0.717, 1.165) is 27.6 Å². The van der Waals surface area contributed by atoms with Crippen LogP contribution in [-0.4, -0.2) is 33.2 Å². The maximum absolute atomic E-state index is 11.7. The highest BCUT2D eigenvalue weighted by Gasteiger charge is 2.13. The van der Waals surface area contributed by atoms with Crippen LogP contribution in [0.1, 0.15) is 35.5 Å². The Morgan fingerprint density at radius 1 is 0.971 bits per heavy atom. The molecule has 0 aliphatic rings. The fourth-order valence-electron chi connectivity index (χ4n) is 3.83. The molecule has 4 rings (SSSR count). The highest BCUT2D eigenvalue weighted by atomic mass is 16.5. The molecular weight excluding hydrogens is 428 g/mol. The van der Waals surface area contributed by atoms with Crippen LogP contribution in [0.3, 0.4) is 0 Å². The number of nitrogens with two attached hydrogens (primary N) is 1. The molecule has 2 aromatic carbocycles. The largest absolute Gasteiger partial charge is 0.487 e. The Hall–Kier alpha value is -4.26. The van der Waals surface area contributed by atoms with Crippen molar-refractivity contribution in [2.24, 2.45) is 5.73 Å². The van der Waals surface area contributed by atoms with Gasteiger partial charge in [-0.3, -0.25) is 19.6 Å². The van der Waals surface area contributed by atoms with E-state index < -0.39 is 5.91 Å². The van der Waals surface area contributed by atoms with Crippen molar-refractivity contribution in [3.8, 4) is 16.9 Å². The maximum Gasteiger partial charge on any atom is 0.250 e. The van der Waals surface area contributed by atoms with Gasteiger partial charge in [0, 0.05) is 37.8 Å². The van der Waals surface area contributed by atoms with E-state index >= 15 is 0 Å². The number of hydrogen-bond donors (Lipinski definition) is 1. The number of pyridine rings is 2. The molecule has 4 aromatic rings. The average molecular weight is 455 g/mol. The lowest BCUT2D eigenvalue weighted by Crippen LogP contribution is -2.27. The molecule has 0 unspecified atom stereocenters. The zero-order valence-electron chi connectivity index (χ0n) is 19.2. The summed E-state index contributed by atoms with van der Waals surface area (Å²) < 4.78 is 6.12. The van der Waals surface area contributed by atoms with E-state index in [1.807, 2.05) is 55.5 Å². The van der Waals surface area contributed by atoms with Crippen LogP contribution in [0.5, 0.6) is 5.75 Å². The molecule has 172 valence electrons. The highest BCUT2D eigenvalue weighted by Crippen LogP contribution is 2.32. The van der Waals surface area contributed by atoms with E-state index in [1.54, 1.807) is 36.4 Å². The number of rotatable bonds is 8. The second-order valence-corrected chi connectivity index (χ2v) is 7.93. The minimum atomic E-state index is -0.543. The summed E-state index contributed by atoms with van der Waals surface area (Å²) >= 11 is 0. The minimum Gasteiger partial charge on any atom is -0.487 e. The lowest BCUT2D eigenvalue weighted by molar-refractivity contribution is -0.129. The van der Waals surface area contributed by atoms with Gasteiger partial charge < -0.3 is 15.4 Å². The van der Waals surface area contributed by atoms with Gasteiger partial charge in [-0.1, -0.05) is 24.3 Å². The summed E-state index contributed by atoms with van der Waals surface area (Å²) in [4.78, 5) is 34.0. The molecule has 2 N–H and O–H groups in total. The van der Waals surface area contributed by atoms with Crippen molar-refractivity contribution in [3.63, 3.8) is 0 Å². The van der Waals surface area contributed by atoms with E-state index in [1.165, 1.54) is 0 Å². The van der Waals surface area contributed by atoms with E-state index in [9.17, 15) is 9.59 Å². The molecule has 0 saturated carbocycles. The summed E-state index contributed by atoms with van der Waals surface area (Å²) in [5.74, 6) is 0.152. The van der Waals surface area contributed by atoms with Crippen molar-refractivity contribution in [2.75, 3.05) is 6.54 Å². The Morgan fingerprint density at radius 3 is 2.41 bits per heavy atom. The molecule has 34 heavy (non-hydrogen) atoms. The molecule has 2 heterocycles. The molecule has 0 atom stereocenters. The molecule has 0 aliphatic carbocycles. The first-order valence-electron chi connectivity index (χ1n) is 11.1.